The first-order valence-electron chi connectivity index (χ1n) is 13.9. The van der Waals surface area contributed by atoms with Gasteiger partial charge in [-0.3, -0.25) is 4.79 Å². The molecule has 2 N–H and O–H groups in total. The number of benzene rings is 2. The van der Waals surface area contributed by atoms with Crippen LogP contribution in [0.25, 0.3) is 0 Å². The van der Waals surface area contributed by atoms with Gasteiger partial charge in [0.05, 0.1) is 18.7 Å². The van der Waals surface area contributed by atoms with Crippen molar-refractivity contribution in [1.29, 1.82) is 0 Å². The van der Waals surface area contributed by atoms with Gasteiger partial charge in [0.2, 0.25) is 5.91 Å². The van der Waals surface area contributed by atoms with E-state index < -0.39 is 23.9 Å². The minimum Gasteiger partial charge on any atom is -0.490 e. The molecular weight excluding hydrogens is 516 g/mol. The monoisotopic (exact) mass is 552 g/mol. The maximum atomic E-state index is 13.0. The van der Waals surface area contributed by atoms with Crippen molar-refractivity contribution in [2.75, 3.05) is 38.2 Å². The Labute approximate surface area is 235 Å². The fraction of sp³-hybridized carbons (Fsp3) is 0.484. The quantitative estimate of drug-likeness (QED) is 0.480. The molecule has 0 radical (unpaired) electrons. The number of amides is 1. The van der Waals surface area contributed by atoms with Crippen molar-refractivity contribution in [3.05, 3.63) is 70.3 Å². The van der Waals surface area contributed by atoms with Crippen molar-refractivity contribution < 1.29 is 24.5 Å². The molecule has 7 nitrogen and oxygen atoms in total. The molecule has 39 heavy (non-hydrogen) atoms. The van der Waals surface area contributed by atoms with E-state index >= 15 is 0 Å². The van der Waals surface area contributed by atoms with Gasteiger partial charge in [-0.15, -0.1) is 0 Å². The number of aryl methyl sites for hydroxylation is 1. The minimum atomic E-state index is -2.35. The van der Waals surface area contributed by atoms with Crippen molar-refractivity contribution in [2.45, 2.75) is 62.4 Å². The molecule has 1 amide bonds. The molecule has 0 fully saturated rings. The highest BCUT2D eigenvalue weighted by molar-refractivity contribution is 6.30. The maximum Gasteiger partial charge on any atom is 0.340 e. The van der Waals surface area contributed by atoms with Gasteiger partial charge in [-0.2, -0.15) is 0 Å². The number of ether oxygens (including phenoxy) is 1. The van der Waals surface area contributed by atoms with E-state index in [2.05, 4.69) is 29.2 Å². The van der Waals surface area contributed by atoms with E-state index in [9.17, 15) is 19.8 Å². The summed E-state index contributed by atoms with van der Waals surface area (Å²) in [7, 11) is 1.64. The van der Waals surface area contributed by atoms with Crippen molar-refractivity contribution in [1.82, 2.24) is 4.90 Å². The van der Waals surface area contributed by atoms with Gasteiger partial charge >= 0.3 is 5.97 Å². The second-order valence-corrected chi connectivity index (χ2v) is 11.7. The van der Waals surface area contributed by atoms with Crippen molar-refractivity contribution in [2.24, 2.45) is 0 Å². The molecule has 0 aromatic heterocycles. The lowest BCUT2D eigenvalue weighted by atomic mass is 9.70. The Morgan fingerprint density at radius 2 is 1.87 bits per heavy atom. The summed E-state index contributed by atoms with van der Waals surface area (Å²) >= 11 is 6.35. The maximum absolute atomic E-state index is 13.0. The third-order valence-corrected chi connectivity index (χ3v) is 8.78. The van der Waals surface area contributed by atoms with Crippen LogP contribution in [0.4, 0.5) is 5.69 Å². The normalized spacial score (nSPS) is 26.9. The van der Waals surface area contributed by atoms with E-state index in [0.29, 0.717) is 31.9 Å². The summed E-state index contributed by atoms with van der Waals surface area (Å²) in [6.45, 7) is 2.44. The number of carbonyl (C=O) groups is 2. The Morgan fingerprint density at radius 3 is 2.69 bits per heavy atom. The molecule has 0 unspecified atom stereocenters. The largest absolute Gasteiger partial charge is 0.490 e. The van der Waals surface area contributed by atoms with Crippen LogP contribution in [-0.2, 0) is 27.0 Å². The van der Waals surface area contributed by atoms with E-state index in [1.54, 1.807) is 25.2 Å². The van der Waals surface area contributed by atoms with E-state index in [0.717, 1.165) is 55.8 Å². The fourth-order valence-electron chi connectivity index (χ4n) is 6.26. The number of aliphatic hydroxyl groups is 1. The van der Waals surface area contributed by atoms with Crippen LogP contribution < -0.4 is 9.64 Å². The third-order valence-electron chi connectivity index (χ3n) is 8.55. The summed E-state index contributed by atoms with van der Waals surface area (Å²) < 4.78 is 6.47. The van der Waals surface area contributed by atoms with Gasteiger partial charge in [-0.05, 0) is 85.9 Å². The predicted octanol–water partition coefficient (Wildman–Crippen LogP) is 5.06. The minimum absolute atomic E-state index is 0.183. The zero-order chi connectivity index (χ0) is 27.6. The first kappa shape index (κ1) is 27.5. The van der Waals surface area contributed by atoms with Crippen LogP contribution in [-0.4, -0.2) is 60.3 Å². The van der Waals surface area contributed by atoms with Crippen LogP contribution in [0.5, 0.6) is 5.75 Å². The number of anilines is 1. The Balaban J connectivity index is 1.57. The molecule has 8 heteroatoms. The molecule has 2 aromatic carbocycles. The van der Waals surface area contributed by atoms with Crippen LogP contribution >= 0.6 is 11.6 Å². The second-order valence-electron chi connectivity index (χ2n) is 11.2. The van der Waals surface area contributed by atoms with Gasteiger partial charge in [-0.25, -0.2) is 4.79 Å². The molecule has 0 saturated carbocycles. The SMILES string of the molecule is CN1CC/C=C/CCCCN2C[C@@]3(CCCc4cc(Cl)ccc43)COc3ccc(cc32)[C@](O)(C(=O)O)CC1=O. The standard InChI is InChI=1S/C31H37ClN2O5/c1-33-15-6-4-2-3-5-7-16-34-20-30(14-8-9-22-17-24(32)11-12-25(22)30)21-39-27-13-10-23(18-26(27)34)31(38,29(36)37)19-28(33)35/h2,4,10-13,17-18,38H,3,5-9,14-16,19-21H2,1H3,(H,36,37)/b4-2+/t30-,31-/m0/s1. The summed E-state index contributed by atoms with van der Waals surface area (Å²) in [5.74, 6) is -1.20. The molecule has 2 bridgehead atoms. The Bertz CT molecular complexity index is 1280. The van der Waals surface area contributed by atoms with E-state index in [1.165, 1.54) is 16.0 Å². The van der Waals surface area contributed by atoms with Crippen LogP contribution in [0, 0.1) is 0 Å². The number of rotatable bonds is 1. The summed E-state index contributed by atoms with van der Waals surface area (Å²) in [5, 5.41) is 22.3. The van der Waals surface area contributed by atoms with Crippen molar-refractivity contribution >= 4 is 29.2 Å². The smallest absolute Gasteiger partial charge is 0.340 e. The number of carboxylic acids is 1. The summed E-state index contributed by atoms with van der Waals surface area (Å²) in [4.78, 5) is 29.1. The van der Waals surface area contributed by atoms with E-state index in [4.69, 9.17) is 16.3 Å². The average molecular weight is 553 g/mol. The highest BCUT2D eigenvalue weighted by atomic mass is 35.5. The lowest BCUT2D eigenvalue weighted by molar-refractivity contribution is -0.164. The van der Waals surface area contributed by atoms with Gasteiger partial charge in [0.15, 0.2) is 5.60 Å². The van der Waals surface area contributed by atoms with Crippen LogP contribution in [0.1, 0.15) is 61.6 Å². The number of allylic oxidation sites excluding steroid dienone is 1. The van der Waals surface area contributed by atoms with Gasteiger partial charge in [0.1, 0.15) is 5.75 Å². The Kier molecular flexibility index (Phi) is 7.92. The highest BCUT2D eigenvalue weighted by Gasteiger charge is 2.44. The second kappa shape index (κ2) is 11.2. The molecule has 2 aliphatic heterocycles. The molecule has 5 rings (SSSR count). The van der Waals surface area contributed by atoms with Crippen molar-refractivity contribution in [3.63, 3.8) is 0 Å². The van der Waals surface area contributed by atoms with Crippen LogP contribution in [0.15, 0.2) is 48.6 Å². The first-order chi connectivity index (χ1) is 18.7. The van der Waals surface area contributed by atoms with Gasteiger partial charge < -0.3 is 24.7 Å². The Hall–Kier alpha value is -3.03. The predicted molar refractivity (Wildman–Crippen MR) is 152 cm³/mol. The number of carbonyl (C=O) groups excluding carboxylic acids is 1. The third kappa shape index (κ3) is 5.52. The number of carboxylic acid groups (broad SMARTS) is 1. The number of halogens is 1. The zero-order valence-electron chi connectivity index (χ0n) is 22.5. The molecule has 0 saturated heterocycles. The summed E-state index contributed by atoms with van der Waals surface area (Å²) in [6, 6.07) is 11.2. The number of hydrogen-bond donors (Lipinski definition) is 2. The van der Waals surface area contributed by atoms with Crippen LogP contribution in [0.2, 0.25) is 5.02 Å². The topological polar surface area (TPSA) is 90.3 Å². The van der Waals surface area contributed by atoms with Crippen LogP contribution in [0.3, 0.4) is 0 Å². The molecule has 2 atom stereocenters. The van der Waals surface area contributed by atoms with Crippen molar-refractivity contribution in [3.8, 4) is 5.75 Å². The zero-order valence-corrected chi connectivity index (χ0v) is 23.3. The van der Waals surface area contributed by atoms with E-state index in [1.807, 2.05) is 6.07 Å². The number of aliphatic carboxylic acids is 1. The van der Waals surface area contributed by atoms with Gasteiger partial charge in [0.25, 0.3) is 0 Å². The number of fused-ring (bicyclic) bond motifs is 3. The molecule has 1 aliphatic carbocycles. The Morgan fingerprint density at radius 1 is 1.05 bits per heavy atom. The molecule has 2 aromatic rings. The lowest BCUT2D eigenvalue weighted by Crippen LogP contribution is -2.46. The highest BCUT2D eigenvalue weighted by Crippen LogP contribution is 2.45. The molecule has 208 valence electrons. The molecular formula is C31H37ClN2O5. The summed E-state index contributed by atoms with van der Waals surface area (Å²) in [6.07, 6.45) is 10.3. The first-order valence-corrected chi connectivity index (χ1v) is 14.3. The lowest BCUT2D eigenvalue weighted by Gasteiger charge is -2.41. The number of nitrogens with zero attached hydrogens (tertiary/aromatic N) is 2. The van der Waals surface area contributed by atoms with E-state index in [-0.39, 0.29) is 11.0 Å². The fourth-order valence-corrected chi connectivity index (χ4v) is 6.45. The number of hydrogen-bond acceptors (Lipinski definition) is 5. The van der Waals surface area contributed by atoms with Gasteiger partial charge in [0, 0.05) is 37.1 Å². The molecule has 1 spiro atoms. The molecule has 2 heterocycles. The van der Waals surface area contributed by atoms with Gasteiger partial charge in [-0.1, -0.05) is 35.9 Å². The summed E-state index contributed by atoms with van der Waals surface area (Å²) in [5.41, 5.74) is 0.872. The average Bonchev–Trinajstić information content (AvgIpc) is 3.06. The molecule has 3 aliphatic rings.